The summed E-state index contributed by atoms with van der Waals surface area (Å²) in [6.07, 6.45) is 2.64. The van der Waals surface area contributed by atoms with E-state index in [9.17, 15) is 4.79 Å². The van der Waals surface area contributed by atoms with Gasteiger partial charge in [0.15, 0.2) is 0 Å². The van der Waals surface area contributed by atoms with E-state index in [0.29, 0.717) is 10.7 Å². The van der Waals surface area contributed by atoms with Crippen LogP contribution in [0, 0.1) is 6.92 Å². The normalized spacial score (nSPS) is 10.3. The standard InChI is InChI=1S/C12H10BrClN4O/c1-6-2-7(13)9(3-8(6)14)18-12(19)10-4-17-11(15)5-16-10/h2-5H,1H3,(H2,15,17)(H,18,19). The lowest BCUT2D eigenvalue weighted by molar-refractivity contribution is 0.102. The molecule has 98 valence electrons. The Bertz CT molecular complexity index is 630. The van der Waals surface area contributed by atoms with Gasteiger partial charge in [0.1, 0.15) is 11.5 Å². The zero-order chi connectivity index (χ0) is 14.0. The number of rotatable bonds is 2. The molecule has 7 heteroatoms. The van der Waals surface area contributed by atoms with Crippen LogP contribution in [-0.2, 0) is 0 Å². The number of nitrogens with two attached hydrogens (primary N) is 1. The van der Waals surface area contributed by atoms with Gasteiger partial charge in [-0.3, -0.25) is 4.79 Å². The Morgan fingerprint density at radius 3 is 2.74 bits per heavy atom. The second-order valence-corrected chi connectivity index (χ2v) is 5.12. The van der Waals surface area contributed by atoms with E-state index in [1.54, 1.807) is 6.07 Å². The topological polar surface area (TPSA) is 80.9 Å². The molecule has 0 fully saturated rings. The predicted octanol–water partition coefficient (Wildman–Crippen LogP) is 3.04. The number of nitrogens with one attached hydrogen (secondary N) is 1. The summed E-state index contributed by atoms with van der Waals surface area (Å²) in [5.41, 5.74) is 7.07. The van der Waals surface area contributed by atoms with Crippen LogP contribution in [0.2, 0.25) is 5.02 Å². The van der Waals surface area contributed by atoms with Crippen LogP contribution in [0.5, 0.6) is 0 Å². The van der Waals surface area contributed by atoms with Crippen molar-refractivity contribution in [1.82, 2.24) is 9.97 Å². The van der Waals surface area contributed by atoms with Gasteiger partial charge >= 0.3 is 0 Å². The fourth-order valence-electron chi connectivity index (χ4n) is 1.38. The van der Waals surface area contributed by atoms with Crippen molar-refractivity contribution in [3.63, 3.8) is 0 Å². The Labute approximate surface area is 123 Å². The highest BCUT2D eigenvalue weighted by Gasteiger charge is 2.11. The van der Waals surface area contributed by atoms with Crippen LogP contribution in [-0.4, -0.2) is 15.9 Å². The SMILES string of the molecule is Cc1cc(Br)c(NC(=O)c2cnc(N)cn2)cc1Cl. The lowest BCUT2D eigenvalue weighted by Crippen LogP contribution is -2.14. The number of nitrogens with zero attached hydrogens (tertiary/aromatic N) is 2. The minimum atomic E-state index is -0.381. The zero-order valence-corrected chi connectivity index (χ0v) is 12.3. The largest absolute Gasteiger partial charge is 0.382 e. The summed E-state index contributed by atoms with van der Waals surface area (Å²) in [6, 6.07) is 3.50. The number of carbonyl (C=O) groups excluding carboxylic acids is 1. The number of carbonyl (C=O) groups is 1. The van der Waals surface area contributed by atoms with Crippen LogP contribution < -0.4 is 11.1 Å². The first-order valence-electron chi connectivity index (χ1n) is 5.32. The van der Waals surface area contributed by atoms with Gasteiger partial charge in [0.05, 0.1) is 18.1 Å². The second-order valence-electron chi connectivity index (χ2n) is 3.86. The minimum absolute atomic E-state index is 0.179. The van der Waals surface area contributed by atoms with E-state index < -0.39 is 0 Å². The zero-order valence-electron chi connectivity index (χ0n) is 9.95. The molecule has 19 heavy (non-hydrogen) atoms. The van der Waals surface area contributed by atoms with Crippen LogP contribution >= 0.6 is 27.5 Å². The third-order valence-corrected chi connectivity index (χ3v) is 3.46. The van der Waals surface area contributed by atoms with Crippen molar-refractivity contribution in [2.45, 2.75) is 6.92 Å². The predicted molar refractivity (Wildman–Crippen MR) is 78.3 cm³/mol. The minimum Gasteiger partial charge on any atom is -0.382 e. The van der Waals surface area contributed by atoms with Crippen LogP contribution in [0.3, 0.4) is 0 Å². The Kier molecular flexibility index (Phi) is 4.01. The smallest absolute Gasteiger partial charge is 0.275 e. The maximum atomic E-state index is 12.0. The maximum Gasteiger partial charge on any atom is 0.275 e. The molecular weight excluding hydrogens is 332 g/mol. The number of hydrogen-bond acceptors (Lipinski definition) is 4. The summed E-state index contributed by atoms with van der Waals surface area (Å²) in [5.74, 6) is -0.121. The van der Waals surface area contributed by atoms with E-state index in [1.807, 2.05) is 13.0 Å². The van der Waals surface area contributed by atoms with Gasteiger partial charge in [-0.25, -0.2) is 9.97 Å². The molecule has 0 aliphatic heterocycles. The van der Waals surface area contributed by atoms with E-state index >= 15 is 0 Å². The van der Waals surface area contributed by atoms with Gasteiger partial charge in [0.25, 0.3) is 5.91 Å². The van der Waals surface area contributed by atoms with E-state index in [-0.39, 0.29) is 17.4 Å². The molecule has 1 heterocycles. The van der Waals surface area contributed by atoms with Crippen LogP contribution in [0.4, 0.5) is 11.5 Å². The molecule has 0 aliphatic rings. The van der Waals surface area contributed by atoms with Crippen LogP contribution in [0.1, 0.15) is 16.1 Å². The highest BCUT2D eigenvalue weighted by Crippen LogP contribution is 2.29. The van der Waals surface area contributed by atoms with E-state index in [4.69, 9.17) is 17.3 Å². The van der Waals surface area contributed by atoms with Gasteiger partial charge in [-0.15, -0.1) is 0 Å². The van der Waals surface area contributed by atoms with Gasteiger partial charge in [-0.05, 0) is 40.5 Å². The Morgan fingerprint density at radius 1 is 1.37 bits per heavy atom. The molecule has 0 saturated carbocycles. The molecule has 5 nitrogen and oxygen atoms in total. The average molecular weight is 342 g/mol. The van der Waals surface area contributed by atoms with Gasteiger partial charge in [-0.2, -0.15) is 0 Å². The fourth-order valence-corrected chi connectivity index (χ4v) is 2.10. The molecule has 3 N–H and O–H groups in total. The van der Waals surface area contributed by atoms with Crippen molar-refractivity contribution >= 4 is 44.9 Å². The molecule has 0 aliphatic carbocycles. The molecule has 0 unspecified atom stereocenters. The Morgan fingerprint density at radius 2 is 2.11 bits per heavy atom. The molecule has 2 aromatic rings. The number of aromatic nitrogens is 2. The first kappa shape index (κ1) is 13.8. The van der Waals surface area contributed by atoms with Crippen molar-refractivity contribution in [3.05, 3.63) is 45.3 Å². The lowest BCUT2D eigenvalue weighted by atomic mass is 10.2. The van der Waals surface area contributed by atoms with E-state index in [2.05, 4.69) is 31.2 Å². The van der Waals surface area contributed by atoms with Crippen LogP contribution in [0.25, 0.3) is 0 Å². The number of anilines is 2. The van der Waals surface area contributed by atoms with Crippen molar-refractivity contribution in [2.75, 3.05) is 11.1 Å². The van der Waals surface area contributed by atoms with Crippen molar-refractivity contribution in [1.29, 1.82) is 0 Å². The van der Waals surface area contributed by atoms with Gasteiger partial charge < -0.3 is 11.1 Å². The van der Waals surface area contributed by atoms with Gasteiger partial charge in [-0.1, -0.05) is 11.6 Å². The van der Waals surface area contributed by atoms with Gasteiger partial charge in [0, 0.05) is 9.50 Å². The fraction of sp³-hybridized carbons (Fsp3) is 0.0833. The third-order valence-electron chi connectivity index (χ3n) is 2.40. The number of nitrogen functional groups attached to an aromatic ring is 1. The summed E-state index contributed by atoms with van der Waals surface area (Å²) in [6.45, 7) is 1.88. The Hall–Kier alpha value is -1.66. The highest BCUT2D eigenvalue weighted by atomic mass is 79.9. The van der Waals surface area contributed by atoms with Crippen molar-refractivity contribution in [3.8, 4) is 0 Å². The molecular formula is C12H10BrClN4O. The quantitative estimate of drug-likeness (QED) is 0.879. The van der Waals surface area contributed by atoms with E-state index in [1.165, 1.54) is 12.4 Å². The molecule has 1 amide bonds. The third kappa shape index (κ3) is 3.21. The molecule has 1 aromatic heterocycles. The van der Waals surface area contributed by atoms with Crippen molar-refractivity contribution in [2.24, 2.45) is 0 Å². The second kappa shape index (κ2) is 5.54. The van der Waals surface area contributed by atoms with Crippen molar-refractivity contribution < 1.29 is 4.79 Å². The number of halogens is 2. The van der Waals surface area contributed by atoms with Crippen LogP contribution in [0.15, 0.2) is 29.0 Å². The first-order valence-corrected chi connectivity index (χ1v) is 6.49. The van der Waals surface area contributed by atoms with E-state index in [0.717, 1.165) is 10.0 Å². The summed E-state index contributed by atoms with van der Waals surface area (Å²) in [7, 11) is 0. The summed E-state index contributed by atoms with van der Waals surface area (Å²) in [4.78, 5) is 19.7. The molecule has 2 rings (SSSR count). The molecule has 0 atom stereocenters. The number of hydrogen-bond donors (Lipinski definition) is 2. The summed E-state index contributed by atoms with van der Waals surface area (Å²) >= 11 is 9.38. The molecule has 0 bridgehead atoms. The number of amides is 1. The number of aryl methyl sites for hydroxylation is 1. The Balaban J connectivity index is 2.24. The average Bonchev–Trinajstić information content (AvgIpc) is 2.36. The molecule has 0 spiro atoms. The molecule has 0 saturated heterocycles. The monoisotopic (exact) mass is 340 g/mol. The lowest BCUT2D eigenvalue weighted by Gasteiger charge is -2.09. The summed E-state index contributed by atoms with van der Waals surface area (Å²) in [5, 5.41) is 3.27. The first-order chi connectivity index (χ1) is 8.97. The number of benzene rings is 1. The molecule has 0 radical (unpaired) electrons. The highest BCUT2D eigenvalue weighted by molar-refractivity contribution is 9.10. The molecule has 1 aromatic carbocycles. The van der Waals surface area contributed by atoms with Gasteiger partial charge in [0.2, 0.25) is 0 Å². The summed E-state index contributed by atoms with van der Waals surface area (Å²) < 4.78 is 0.742. The maximum absolute atomic E-state index is 12.0.